The molecule has 0 fully saturated rings. The molecule has 0 aromatic carbocycles. The second-order valence-corrected chi connectivity index (χ2v) is 4.38. The summed E-state index contributed by atoms with van der Waals surface area (Å²) < 4.78 is 0. The lowest BCUT2D eigenvalue weighted by atomic mass is 9.77. The average Bonchev–Trinajstić information content (AvgIpc) is 2.15. The van der Waals surface area contributed by atoms with Gasteiger partial charge in [-0.25, -0.2) is 4.79 Å². The summed E-state index contributed by atoms with van der Waals surface area (Å²) in [5, 5.41) is 9.04. The number of rotatable bonds is 6. The third-order valence-corrected chi connectivity index (χ3v) is 2.84. The fourth-order valence-corrected chi connectivity index (χ4v) is 1.61. The minimum atomic E-state index is -1.74. The minimum absolute atomic E-state index is 0.293. The lowest BCUT2D eigenvalue weighted by Crippen LogP contribution is -2.60. The summed E-state index contributed by atoms with van der Waals surface area (Å²) in [6, 6.07) is 0. The minimum Gasteiger partial charge on any atom is -0.480 e. The van der Waals surface area contributed by atoms with Crippen molar-refractivity contribution in [2.45, 2.75) is 46.1 Å². The predicted octanol–water partition coefficient (Wildman–Crippen LogP) is 1.43. The number of aliphatic carboxylic acids is 1. The van der Waals surface area contributed by atoms with E-state index >= 15 is 0 Å². The highest BCUT2D eigenvalue weighted by Gasteiger charge is 2.46. The fraction of sp³-hybridized carbons (Fsp3) is 0.818. The highest BCUT2D eigenvalue weighted by molar-refractivity contribution is 6.08. The Hall–Kier alpha value is -0.900. The van der Waals surface area contributed by atoms with Gasteiger partial charge in [-0.05, 0) is 12.3 Å². The van der Waals surface area contributed by atoms with E-state index in [9.17, 15) is 9.59 Å². The third kappa shape index (κ3) is 2.78. The first-order valence-electron chi connectivity index (χ1n) is 5.35. The third-order valence-electron chi connectivity index (χ3n) is 2.84. The molecule has 0 aromatic heterocycles. The zero-order valence-electron chi connectivity index (χ0n) is 9.91. The lowest BCUT2D eigenvalue weighted by Gasteiger charge is -2.29. The molecule has 0 saturated heterocycles. The standard InChI is InChI=1S/C11H21NO3/c1-5-6-8(4)9(13)11(12,7(2)3)10(14)15/h7-8H,5-6,12H2,1-4H3,(H,14,15). The van der Waals surface area contributed by atoms with Crippen LogP contribution in [0.4, 0.5) is 0 Å². The summed E-state index contributed by atoms with van der Waals surface area (Å²) in [5.41, 5.74) is 3.97. The molecule has 0 aliphatic rings. The van der Waals surface area contributed by atoms with Crippen LogP contribution < -0.4 is 5.73 Å². The molecule has 4 heteroatoms. The maximum Gasteiger partial charge on any atom is 0.331 e. The van der Waals surface area contributed by atoms with E-state index in [1.807, 2.05) is 6.92 Å². The van der Waals surface area contributed by atoms with Crippen molar-refractivity contribution in [2.75, 3.05) is 0 Å². The van der Waals surface area contributed by atoms with Crippen molar-refractivity contribution in [2.24, 2.45) is 17.6 Å². The van der Waals surface area contributed by atoms with Crippen LogP contribution in [0.5, 0.6) is 0 Å². The number of carboxylic acids is 1. The molecule has 0 aromatic rings. The average molecular weight is 215 g/mol. The summed E-state index contributed by atoms with van der Waals surface area (Å²) in [6.45, 7) is 7.01. The maximum absolute atomic E-state index is 11.9. The van der Waals surface area contributed by atoms with Crippen LogP contribution in [0.1, 0.15) is 40.5 Å². The van der Waals surface area contributed by atoms with E-state index in [0.717, 1.165) is 6.42 Å². The van der Waals surface area contributed by atoms with Crippen LogP contribution in [-0.4, -0.2) is 22.4 Å². The number of carbonyl (C=O) groups is 2. The van der Waals surface area contributed by atoms with Crippen molar-refractivity contribution >= 4 is 11.8 Å². The van der Waals surface area contributed by atoms with Crippen molar-refractivity contribution in [3.8, 4) is 0 Å². The van der Waals surface area contributed by atoms with Crippen LogP contribution in [0, 0.1) is 11.8 Å². The molecule has 0 aliphatic carbocycles. The van der Waals surface area contributed by atoms with Gasteiger partial charge in [0.25, 0.3) is 0 Å². The summed E-state index contributed by atoms with van der Waals surface area (Å²) in [4.78, 5) is 23.0. The first-order valence-corrected chi connectivity index (χ1v) is 5.35. The Balaban J connectivity index is 4.95. The van der Waals surface area contributed by atoms with Gasteiger partial charge in [0.2, 0.25) is 0 Å². The molecular weight excluding hydrogens is 194 g/mol. The van der Waals surface area contributed by atoms with Gasteiger partial charge >= 0.3 is 5.97 Å². The largest absolute Gasteiger partial charge is 0.480 e. The summed E-state index contributed by atoms with van der Waals surface area (Å²) in [6.07, 6.45) is 1.53. The number of hydrogen-bond donors (Lipinski definition) is 2. The van der Waals surface area contributed by atoms with E-state index in [-0.39, 0.29) is 11.7 Å². The van der Waals surface area contributed by atoms with Gasteiger partial charge in [-0.3, -0.25) is 4.79 Å². The molecule has 2 unspecified atom stereocenters. The van der Waals surface area contributed by atoms with Crippen molar-refractivity contribution in [1.29, 1.82) is 0 Å². The van der Waals surface area contributed by atoms with Gasteiger partial charge in [0, 0.05) is 5.92 Å². The number of nitrogens with two attached hydrogens (primary N) is 1. The first kappa shape index (κ1) is 14.1. The zero-order chi connectivity index (χ0) is 12.2. The summed E-state index contributed by atoms with van der Waals surface area (Å²) in [7, 11) is 0. The van der Waals surface area contributed by atoms with Gasteiger partial charge in [0.15, 0.2) is 11.3 Å². The van der Waals surface area contributed by atoms with Crippen LogP contribution in [-0.2, 0) is 9.59 Å². The molecule has 15 heavy (non-hydrogen) atoms. The molecular formula is C11H21NO3. The number of carbonyl (C=O) groups excluding carboxylic acids is 1. The molecule has 0 rings (SSSR count). The molecule has 0 bridgehead atoms. The Morgan fingerprint density at radius 2 is 1.80 bits per heavy atom. The Bertz CT molecular complexity index is 250. The van der Waals surface area contributed by atoms with Gasteiger partial charge < -0.3 is 10.8 Å². The van der Waals surface area contributed by atoms with Crippen LogP contribution in [0.25, 0.3) is 0 Å². The summed E-state index contributed by atoms with van der Waals surface area (Å²) in [5.74, 6) is -2.29. The van der Waals surface area contributed by atoms with Crippen molar-refractivity contribution < 1.29 is 14.7 Å². The highest BCUT2D eigenvalue weighted by atomic mass is 16.4. The van der Waals surface area contributed by atoms with Crippen LogP contribution >= 0.6 is 0 Å². The van der Waals surface area contributed by atoms with E-state index in [1.165, 1.54) is 0 Å². The Morgan fingerprint density at radius 1 is 1.33 bits per heavy atom. The van der Waals surface area contributed by atoms with Gasteiger partial charge in [0.05, 0.1) is 0 Å². The van der Waals surface area contributed by atoms with E-state index < -0.39 is 17.4 Å². The molecule has 2 atom stereocenters. The number of carboxylic acid groups (broad SMARTS) is 1. The van der Waals surface area contributed by atoms with E-state index in [0.29, 0.717) is 6.42 Å². The molecule has 0 radical (unpaired) electrons. The smallest absolute Gasteiger partial charge is 0.331 e. The molecule has 4 nitrogen and oxygen atoms in total. The molecule has 88 valence electrons. The number of hydrogen-bond acceptors (Lipinski definition) is 3. The predicted molar refractivity (Wildman–Crippen MR) is 58.5 cm³/mol. The number of ketones is 1. The van der Waals surface area contributed by atoms with Crippen molar-refractivity contribution in [1.82, 2.24) is 0 Å². The van der Waals surface area contributed by atoms with Crippen LogP contribution in [0.2, 0.25) is 0 Å². The van der Waals surface area contributed by atoms with Crippen molar-refractivity contribution in [3.63, 3.8) is 0 Å². The van der Waals surface area contributed by atoms with Gasteiger partial charge in [-0.1, -0.05) is 34.1 Å². The van der Waals surface area contributed by atoms with E-state index in [1.54, 1.807) is 20.8 Å². The molecule has 0 spiro atoms. The highest BCUT2D eigenvalue weighted by Crippen LogP contribution is 2.22. The molecule has 0 amide bonds. The number of Topliss-reactive ketones (excluding diaryl/α,β-unsaturated/α-hetero) is 1. The molecule has 0 saturated carbocycles. The monoisotopic (exact) mass is 215 g/mol. The molecule has 3 N–H and O–H groups in total. The lowest BCUT2D eigenvalue weighted by molar-refractivity contribution is -0.151. The van der Waals surface area contributed by atoms with E-state index in [4.69, 9.17) is 10.8 Å². The van der Waals surface area contributed by atoms with E-state index in [2.05, 4.69) is 0 Å². The second-order valence-electron chi connectivity index (χ2n) is 4.38. The molecule has 0 aliphatic heterocycles. The first-order chi connectivity index (χ1) is 6.78. The van der Waals surface area contributed by atoms with Gasteiger partial charge in [-0.2, -0.15) is 0 Å². The maximum atomic E-state index is 11.9. The zero-order valence-corrected chi connectivity index (χ0v) is 9.91. The fourth-order valence-electron chi connectivity index (χ4n) is 1.61. The molecule has 0 heterocycles. The normalized spacial score (nSPS) is 17.2. The topological polar surface area (TPSA) is 80.4 Å². The Morgan fingerprint density at radius 3 is 2.07 bits per heavy atom. The van der Waals surface area contributed by atoms with Gasteiger partial charge in [0.1, 0.15) is 0 Å². The van der Waals surface area contributed by atoms with Crippen LogP contribution in [0.15, 0.2) is 0 Å². The van der Waals surface area contributed by atoms with Crippen molar-refractivity contribution in [3.05, 3.63) is 0 Å². The quantitative estimate of drug-likeness (QED) is 0.657. The Labute approximate surface area is 90.8 Å². The van der Waals surface area contributed by atoms with Crippen LogP contribution in [0.3, 0.4) is 0 Å². The Kier molecular flexibility index (Phi) is 4.94. The SMILES string of the molecule is CCCC(C)C(=O)C(N)(C(=O)O)C(C)C. The van der Waals surface area contributed by atoms with Gasteiger partial charge in [-0.15, -0.1) is 0 Å². The summed E-state index contributed by atoms with van der Waals surface area (Å²) >= 11 is 0. The second kappa shape index (κ2) is 5.26.